The smallest absolute Gasteiger partial charge is 0.0462 e. The van der Waals surface area contributed by atoms with Gasteiger partial charge in [-0.2, -0.15) is 0 Å². The minimum atomic E-state index is 1.13. The summed E-state index contributed by atoms with van der Waals surface area (Å²) in [7, 11) is 5.52. The van der Waals surface area contributed by atoms with Crippen molar-refractivity contribution in [3.05, 3.63) is 127 Å². The molecule has 0 fully saturated rings. The van der Waals surface area contributed by atoms with Crippen molar-refractivity contribution in [3.8, 4) is 22.3 Å². The zero-order valence-electron chi connectivity index (χ0n) is 19.1. The second kappa shape index (κ2) is 9.94. The highest BCUT2D eigenvalue weighted by Crippen LogP contribution is 2.36. The number of hydrogen-bond acceptors (Lipinski definition) is 1. The first-order valence-electron chi connectivity index (χ1n) is 11.4. The molecule has 0 N–H and O–H groups in total. The first kappa shape index (κ1) is 22.5. The van der Waals surface area contributed by atoms with E-state index in [1.807, 2.05) is 0 Å². The highest BCUT2D eigenvalue weighted by atomic mass is 31.0. The minimum Gasteiger partial charge on any atom is -0.311 e. The molecule has 0 amide bonds. The van der Waals surface area contributed by atoms with E-state index in [0.29, 0.717) is 0 Å². The highest BCUT2D eigenvalue weighted by Gasteiger charge is 2.13. The molecule has 34 heavy (non-hydrogen) atoms. The van der Waals surface area contributed by atoms with Gasteiger partial charge in [0.25, 0.3) is 0 Å². The van der Waals surface area contributed by atoms with Gasteiger partial charge in [0.1, 0.15) is 0 Å². The number of hydrogen-bond donors (Lipinski definition) is 0. The van der Waals surface area contributed by atoms with Gasteiger partial charge in [0.2, 0.25) is 0 Å². The molecular weight excluding hydrogens is 448 g/mol. The maximum absolute atomic E-state index is 2.78. The summed E-state index contributed by atoms with van der Waals surface area (Å²) in [5, 5.41) is 2.38. The normalized spacial score (nSPS) is 10.8. The monoisotopic (exact) mass is 475 g/mol. The van der Waals surface area contributed by atoms with Crippen LogP contribution in [-0.4, -0.2) is 0 Å². The minimum absolute atomic E-state index is 1.13. The number of rotatable bonds is 5. The van der Waals surface area contributed by atoms with Gasteiger partial charge in [0, 0.05) is 17.1 Å². The lowest BCUT2D eigenvalue weighted by Crippen LogP contribution is -2.09. The van der Waals surface area contributed by atoms with Gasteiger partial charge in [0.15, 0.2) is 0 Å². The second-order valence-corrected chi connectivity index (χ2v) is 9.85. The molecule has 0 heterocycles. The van der Waals surface area contributed by atoms with Crippen LogP contribution in [0.15, 0.2) is 121 Å². The van der Waals surface area contributed by atoms with Crippen molar-refractivity contribution in [1.82, 2.24) is 0 Å². The molecule has 5 aromatic carbocycles. The quantitative estimate of drug-likeness (QED) is 0.235. The maximum Gasteiger partial charge on any atom is 0.0462 e. The molecular formula is C31H27NP2. The fourth-order valence-corrected chi connectivity index (χ4v) is 4.62. The van der Waals surface area contributed by atoms with Crippen LogP contribution in [0.25, 0.3) is 22.3 Å². The Balaban J connectivity index is 1.52. The second-order valence-electron chi connectivity index (χ2n) is 8.51. The van der Waals surface area contributed by atoms with Crippen LogP contribution in [0.2, 0.25) is 0 Å². The number of aryl methyl sites for hydroxylation is 1. The molecule has 1 nitrogen and oxygen atoms in total. The predicted octanol–water partition coefficient (Wildman–Crippen LogP) is 7.80. The van der Waals surface area contributed by atoms with Gasteiger partial charge < -0.3 is 4.90 Å². The van der Waals surface area contributed by atoms with Crippen molar-refractivity contribution < 1.29 is 0 Å². The molecule has 0 saturated heterocycles. The average molecular weight is 476 g/mol. The van der Waals surface area contributed by atoms with E-state index in [1.165, 1.54) is 38.4 Å². The van der Waals surface area contributed by atoms with Gasteiger partial charge >= 0.3 is 0 Å². The van der Waals surface area contributed by atoms with Gasteiger partial charge in [-0.3, -0.25) is 0 Å². The van der Waals surface area contributed by atoms with Crippen LogP contribution in [0.1, 0.15) is 5.56 Å². The third-order valence-electron chi connectivity index (χ3n) is 6.01. The molecule has 5 aromatic rings. The zero-order valence-corrected chi connectivity index (χ0v) is 21.5. The molecule has 5 rings (SSSR count). The third kappa shape index (κ3) is 4.97. The van der Waals surface area contributed by atoms with E-state index in [9.17, 15) is 0 Å². The standard InChI is InChI=1S/C31H27NP2/c1-22-5-13-27(14-6-22)32(28-15-7-23(8-16-28)24-11-19-30(33)20-12-24)29-17-9-25(10-18-29)26-3-2-4-31(34)21-26/h2-21H,33-34H2,1H3. The molecule has 2 atom stereocenters. The lowest BCUT2D eigenvalue weighted by molar-refractivity contribution is 1.27. The van der Waals surface area contributed by atoms with E-state index in [2.05, 4.69) is 152 Å². The third-order valence-corrected chi connectivity index (χ3v) is 6.75. The summed E-state index contributed by atoms with van der Waals surface area (Å²) in [5.41, 5.74) is 9.54. The Kier molecular flexibility index (Phi) is 6.59. The van der Waals surface area contributed by atoms with E-state index >= 15 is 0 Å². The van der Waals surface area contributed by atoms with E-state index in [1.54, 1.807) is 0 Å². The van der Waals surface area contributed by atoms with Gasteiger partial charge in [-0.25, -0.2) is 0 Å². The summed E-state index contributed by atoms with van der Waals surface area (Å²) in [6, 6.07) is 43.5. The Labute approximate surface area is 206 Å². The van der Waals surface area contributed by atoms with Gasteiger partial charge in [-0.05, 0) is 82.3 Å². The van der Waals surface area contributed by atoms with Crippen LogP contribution in [0.3, 0.4) is 0 Å². The van der Waals surface area contributed by atoms with E-state index < -0.39 is 0 Å². The molecule has 166 valence electrons. The Morgan fingerprint density at radius 3 is 1.38 bits per heavy atom. The molecule has 0 aliphatic carbocycles. The lowest BCUT2D eigenvalue weighted by Gasteiger charge is -2.26. The van der Waals surface area contributed by atoms with Crippen molar-refractivity contribution >= 4 is 46.2 Å². The van der Waals surface area contributed by atoms with Gasteiger partial charge in [-0.15, -0.1) is 18.5 Å². The van der Waals surface area contributed by atoms with Crippen LogP contribution in [-0.2, 0) is 0 Å². The first-order valence-corrected chi connectivity index (χ1v) is 12.5. The Morgan fingerprint density at radius 1 is 0.441 bits per heavy atom. The van der Waals surface area contributed by atoms with Gasteiger partial charge in [-0.1, -0.05) is 84.4 Å². The van der Waals surface area contributed by atoms with Crippen molar-refractivity contribution in [1.29, 1.82) is 0 Å². The fraction of sp³-hybridized carbons (Fsp3) is 0.0323. The highest BCUT2D eigenvalue weighted by molar-refractivity contribution is 7.27. The topological polar surface area (TPSA) is 3.24 Å². The number of anilines is 3. The number of nitrogens with zero attached hydrogens (tertiary/aromatic N) is 1. The Hall–Kier alpha value is -3.24. The van der Waals surface area contributed by atoms with Crippen LogP contribution < -0.4 is 15.5 Å². The average Bonchev–Trinajstić information content (AvgIpc) is 2.87. The SMILES string of the molecule is Cc1ccc(N(c2ccc(-c3ccc(P)cc3)cc2)c2ccc(-c3cccc(P)c3)cc2)cc1. The Bertz CT molecular complexity index is 1390. The largest absolute Gasteiger partial charge is 0.311 e. The first-order chi connectivity index (χ1) is 16.6. The maximum atomic E-state index is 2.78. The molecule has 2 unspecified atom stereocenters. The van der Waals surface area contributed by atoms with Crippen LogP contribution in [0.5, 0.6) is 0 Å². The molecule has 0 aliphatic heterocycles. The summed E-state index contributed by atoms with van der Waals surface area (Å²) in [6.45, 7) is 2.12. The fourth-order valence-electron chi connectivity index (χ4n) is 4.14. The Morgan fingerprint density at radius 2 is 0.882 bits per heavy atom. The molecule has 3 heteroatoms. The van der Waals surface area contributed by atoms with E-state index in [0.717, 1.165) is 17.1 Å². The number of benzene rings is 5. The molecule has 0 radical (unpaired) electrons. The van der Waals surface area contributed by atoms with Gasteiger partial charge in [0.05, 0.1) is 0 Å². The molecule has 0 saturated carbocycles. The summed E-state index contributed by atoms with van der Waals surface area (Å²) in [4.78, 5) is 2.31. The van der Waals surface area contributed by atoms with Crippen molar-refractivity contribution in [2.75, 3.05) is 4.90 Å². The summed E-state index contributed by atoms with van der Waals surface area (Å²) < 4.78 is 0. The van der Waals surface area contributed by atoms with Crippen LogP contribution in [0.4, 0.5) is 17.1 Å². The summed E-state index contributed by atoms with van der Waals surface area (Å²) in [5.74, 6) is 0. The summed E-state index contributed by atoms with van der Waals surface area (Å²) in [6.07, 6.45) is 0. The van der Waals surface area contributed by atoms with E-state index in [-0.39, 0.29) is 0 Å². The zero-order chi connectivity index (χ0) is 23.5. The van der Waals surface area contributed by atoms with Crippen LogP contribution in [0, 0.1) is 6.92 Å². The van der Waals surface area contributed by atoms with E-state index in [4.69, 9.17) is 0 Å². The summed E-state index contributed by atoms with van der Waals surface area (Å²) >= 11 is 0. The molecule has 0 bridgehead atoms. The molecule has 0 aliphatic rings. The molecule has 0 aromatic heterocycles. The van der Waals surface area contributed by atoms with Crippen molar-refractivity contribution in [2.45, 2.75) is 6.92 Å². The van der Waals surface area contributed by atoms with Crippen LogP contribution >= 0.6 is 18.5 Å². The lowest BCUT2D eigenvalue weighted by atomic mass is 10.0. The van der Waals surface area contributed by atoms with Crippen molar-refractivity contribution in [2.24, 2.45) is 0 Å². The van der Waals surface area contributed by atoms with Crippen molar-refractivity contribution in [3.63, 3.8) is 0 Å². The molecule has 0 spiro atoms. The predicted molar refractivity (Wildman–Crippen MR) is 155 cm³/mol.